The van der Waals surface area contributed by atoms with Crippen molar-refractivity contribution in [2.45, 2.75) is 13.0 Å². The number of nitrogens with one attached hydrogen (secondary N) is 2. The van der Waals surface area contributed by atoms with Crippen LogP contribution in [0.5, 0.6) is 0 Å². The molecule has 0 spiro atoms. The molecule has 2 aromatic rings. The number of likely N-dealkylation sites (N-methyl/N-ethyl adjacent to an activating group) is 1. The van der Waals surface area contributed by atoms with Crippen molar-refractivity contribution in [2.75, 3.05) is 20.6 Å². The summed E-state index contributed by atoms with van der Waals surface area (Å²) in [6, 6.07) is 5.64. The largest absolute Gasteiger partial charge is 0.348 e. The molecule has 1 aromatic heterocycles. The van der Waals surface area contributed by atoms with E-state index in [1.807, 2.05) is 44.1 Å². The summed E-state index contributed by atoms with van der Waals surface area (Å²) in [5.74, 6) is -0.0548. The van der Waals surface area contributed by atoms with E-state index in [2.05, 4.69) is 15.5 Å². The van der Waals surface area contributed by atoms with Gasteiger partial charge in [0, 0.05) is 23.5 Å². The molecule has 1 amide bonds. The first kappa shape index (κ1) is 12.6. The lowest BCUT2D eigenvalue weighted by molar-refractivity contribution is 0.0934. The smallest absolute Gasteiger partial charge is 0.251 e. The number of amides is 1. The van der Waals surface area contributed by atoms with Gasteiger partial charge in [-0.25, -0.2) is 0 Å². The van der Waals surface area contributed by atoms with Gasteiger partial charge in [-0.1, -0.05) is 6.07 Å². The van der Waals surface area contributed by atoms with E-state index in [0.717, 1.165) is 17.4 Å². The van der Waals surface area contributed by atoms with Crippen LogP contribution in [-0.2, 0) is 0 Å². The average Bonchev–Trinajstić information content (AvgIpc) is 2.74. The maximum absolute atomic E-state index is 12.0. The molecular weight excluding hydrogens is 228 g/mol. The van der Waals surface area contributed by atoms with Crippen molar-refractivity contribution in [3.8, 4) is 0 Å². The van der Waals surface area contributed by atoms with E-state index in [1.54, 1.807) is 6.20 Å². The van der Waals surface area contributed by atoms with Crippen LogP contribution in [-0.4, -0.2) is 47.7 Å². The van der Waals surface area contributed by atoms with E-state index in [1.165, 1.54) is 0 Å². The topological polar surface area (TPSA) is 61.0 Å². The Morgan fingerprint density at radius 3 is 3.00 bits per heavy atom. The predicted molar refractivity (Wildman–Crippen MR) is 71.6 cm³/mol. The van der Waals surface area contributed by atoms with Crippen molar-refractivity contribution in [1.29, 1.82) is 0 Å². The normalized spacial score (nSPS) is 12.9. The second kappa shape index (κ2) is 5.18. The second-order valence-electron chi connectivity index (χ2n) is 4.81. The third-order valence-electron chi connectivity index (χ3n) is 2.72. The molecule has 0 saturated carbocycles. The molecule has 0 bridgehead atoms. The van der Waals surface area contributed by atoms with Gasteiger partial charge in [0.1, 0.15) is 0 Å². The quantitative estimate of drug-likeness (QED) is 0.853. The Morgan fingerprint density at radius 2 is 2.28 bits per heavy atom. The molecule has 96 valence electrons. The van der Waals surface area contributed by atoms with Gasteiger partial charge < -0.3 is 10.2 Å². The molecule has 2 N–H and O–H groups in total. The maximum atomic E-state index is 12.0. The molecule has 5 heteroatoms. The molecule has 0 radical (unpaired) electrons. The highest BCUT2D eigenvalue weighted by Gasteiger charge is 2.11. The van der Waals surface area contributed by atoms with Crippen LogP contribution in [0.1, 0.15) is 17.3 Å². The number of hydrogen-bond acceptors (Lipinski definition) is 3. The number of hydrogen-bond donors (Lipinski definition) is 2. The summed E-state index contributed by atoms with van der Waals surface area (Å²) in [4.78, 5) is 14.1. The number of rotatable bonds is 4. The van der Waals surface area contributed by atoms with E-state index in [0.29, 0.717) is 5.56 Å². The Labute approximate surface area is 106 Å². The van der Waals surface area contributed by atoms with Crippen LogP contribution in [0.25, 0.3) is 10.9 Å². The predicted octanol–water partition coefficient (Wildman–Crippen LogP) is 1.24. The number of fused-ring (bicyclic) bond motifs is 1. The maximum Gasteiger partial charge on any atom is 0.251 e. The Balaban J connectivity index is 2.08. The van der Waals surface area contributed by atoms with Crippen LogP contribution in [0.2, 0.25) is 0 Å². The Bertz CT molecular complexity index is 547. The van der Waals surface area contributed by atoms with Gasteiger partial charge in [-0.15, -0.1) is 0 Å². The fraction of sp³-hybridized carbons (Fsp3) is 0.385. The highest BCUT2D eigenvalue weighted by molar-refractivity contribution is 5.97. The Hall–Kier alpha value is -1.88. The molecule has 0 aliphatic carbocycles. The monoisotopic (exact) mass is 246 g/mol. The molecule has 0 fully saturated rings. The van der Waals surface area contributed by atoms with Crippen LogP contribution in [0.4, 0.5) is 0 Å². The third-order valence-corrected chi connectivity index (χ3v) is 2.72. The first-order chi connectivity index (χ1) is 8.56. The minimum Gasteiger partial charge on any atom is -0.348 e. The SMILES string of the molecule is CC(CN(C)C)NC(=O)c1ccc2cn[nH]c2c1. The van der Waals surface area contributed by atoms with Crippen molar-refractivity contribution in [1.82, 2.24) is 20.4 Å². The summed E-state index contributed by atoms with van der Waals surface area (Å²) in [6.45, 7) is 2.81. The number of aromatic amines is 1. The van der Waals surface area contributed by atoms with Crippen molar-refractivity contribution in [3.05, 3.63) is 30.0 Å². The van der Waals surface area contributed by atoms with Crippen LogP contribution in [0.15, 0.2) is 24.4 Å². The van der Waals surface area contributed by atoms with Crippen LogP contribution >= 0.6 is 0 Å². The lowest BCUT2D eigenvalue weighted by atomic mass is 10.1. The van der Waals surface area contributed by atoms with Gasteiger partial charge in [-0.3, -0.25) is 9.89 Å². The van der Waals surface area contributed by atoms with Crippen LogP contribution in [0.3, 0.4) is 0 Å². The fourth-order valence-corrected chi connectivity index (χ4v) is 1.98. The van der Waals surface area contributed by atoms with E-state index in [4.69, 9.17) is 0 Å². The summed E-state index contributed by atoms with van der Waals surface area (Å²) in [7, 11) is 3.97. The minimum absolute atomic E-state index is 0.0548. The standard InChI is InChI=1S/C13H18N4O/c1-9(8-17(2)3)15-13(18)10-4-5-11-7-14-16-12(11)6-10/h4-7,9H,8H2,1-3H3,(H,14,16)(H,15,18). The zero-order valence-corrected chi connectivity index (χ0v) is 10.9. The summed E-state index contributed by atoms with van der Waals surface area (Å²) >= 11 is 0. The molecule has 1 unspecified atom stereocenters. The zero-order chi connectivity index (χ0) is 13.1. The molecule has 1 atom stereocenters. The number of aromatic nitrogens is 2. The molecule has 1 heterocycles. The molecule has 5 nitrogen and oxygen atoms in total. The summed E-state index contributed by atoms with van der Waals surface area (Å²) in [5, 5.41) is 10.8. The summed E-state index contributed by atoms with van der Waals surface area (Å²) < 4.78 is 0. The summed E-state index contributed by atoms with van der Waals surface area (Å²) in [6.07, 6.45) is 1.74. The molecule has 18 heavy (non-hydrogen) atoms. The van der Waals surface area contributed by atoms with Gasteiger partial charge in [0.2, 0.25) is 0 Å². The fourth-order valence-electron chi connectivity index (χ4n) is 1.98. The third kappa shape index (κ3) is 2.87. The summed E-state index contributed by atoms with van der Waals surface area (Å²) in [5.41, 5.74) is 1.53. The molecular formula is C13H18N4O. The second-order valence-corrected chi connectivity index (χ2v) is 4.81. The van der Waals surface area contributed by atoms with E-state index in [9.17, 15) is 4.79 Å². The average molecular weight is 246 g/mol. The first-order valence-electron chi connectivity index (χ1n) is 5.95. The zero-order valence-electron chi connectivity index (χ0n) is 10.9. The first-order valence-corrected chi connectivity index (χ1v) is 5.95. The number of benzene rings is 1. The molecule has 2 rings (SSSR count). The highest BCUT2D eigenvalue weighted by Crippen LogP contribution is 2.12. The van der Waals surface area contributed by atoms with Gasteiger partial charge in [-0.2, -0.15) is 5.10 Å². The minimum atomic E-state index is -0.0548. The van der Waals surface area contributed by atoms with Gasteiger partial charge in [-0.05, 0) is 33.2 Å². The van der Waals surface area contributed by atoms with E-state index in [-0.39, 0.29) is 11.9 Å². The molecule has 0 aliphatic rings. The van der Waals surface area contributed by atoms with Crippen molar-refractivity contribution in [2.24, 2.45) is 0 Å². The number of carbonyl (C=O) groups is 1. The number of H-pyrrole nitrogens is 1. The molecule has 0 aliphatic heterocycles. The number of nitrogens with zero attached hydrogens (tertiary/aromatic N) is 2. The van der Waals surface area contributed by atoms with Gasteiger partial charge in [0.25, 0.3) is 5.91 Å². The Kier molecular flexibility index (Phi) is 3.62. The molecule has 1 aromatic carbocycles. The van der Waals surface area contributed by atoms with E-state index >= 15 is 0 Å². The van der Waals surface area contributed by atoms with Crippen molar-refractivity contribution >= 4 is 16.8 Å². The van der Waals surface area contributed by atoms with Crippen molar-refractivity contribution < 1.29 is 4.79 Å². The van der Waals surface area contributed by atoms with Crippen molar-refractivity contribution in [3.63, 3.8) is 0 Å². The lowest BCUT2D eigenvalue weighted by Crippen LogP contribution is -2.39. The number of carbonyl (C=O) groups excluding carboxylic acids is 1. The van der Waals surface area contributed by atoms with Gasteiger partial charge in [0.15, 0.2) is 0 Å². The molecule has 0 saturated heterocycles. The van der Waals surface area contributed by atoms with Gasteiger partial charge >= 0.3 is 0 Å². The van der Waals surface area contributed by atoms with Gasteiger partial charge in [0.05, 0.1) is 11.7 Å². The highest BCUT2D eigenvalue weighted by atomic mass is 16.1. The van der Waals surface area contributed by atoms with Crippen LogP contribution in [0, 0.1) is 0 Å². The lowest BCUT2D eigenvalue weighted by Gasteiger charge is -2.18. The Morgan fingerprint density at radius 1 is 1.50 bits per heavy atom. The van der Waals surface area contributed by atoms with E-state index < -0.39 is 0 Å². The van der Waals surface area contributed by atoms with Crippen LogP contribution < -0.4 is 5.32 Å².